The first-order chi connectivity index (χ1) is 14.7. The van der Waals surface area contributed by atoms with Crippen LogP contribution in [-0.2, 0) is 4.74 Å². The first-order valence-corrected chi connectivity index (χ1v) is 10.9. The third kappa shape index (κ3) is 5.12. The number of carbonyl (C=O) groups is 1. The van der Waals surface area contributed by atoms with Crippen LogP contribution in [0.15, 0.2) is 48.5 Å². The van der Waals surface area contributed by atoms with Crippen molar-refractivity contribution in [3.05, 3.63) is 54.1 Å². The predicted molar refractivity (Wildman–Crippen MR) is 120 cm³/mol. The van der Waals surface area contributed by atoms with Gasteiger partial charge in [0.1, 0.15) is 5.75 Å². The fraction of sp³-hybridized carbons (Fsp3) is 0.458. The van der Waals surface area contributed by atoms with Crippen LogP contribution in [0.5, 0.6) is 5.75 Å². The van der Waals surface area contributed by atoms with Gasteiger partial charge in [-0.25, -0.2) is 0 Å². The van der Waals surface area contributed by atoms with Crippen LogP contribution in [0.25, 0.3) is 0 Å². The molecule has 0 saturated carbocycles. The summed E-state index contributed by atoms with van der Waals surface area (Å²) in [6.45, 7) is 3.89. The van der Waals surface area contributed by atoms with E-state index in [9.17, 15) is 4.79 Å². The van der Waals surface area contributed by atoms with Crippen molar-refractivity contribution in [2.24, 2.45) is 0 Å². The van der Waals surface area contributed by atoms with Crippen LogP contribution in [0, 0.1) is 0 Å². The third-order valence-electron chi connectivity index (χ3n) is 5.97. The second-order valence-electron chi connectivity index (χ2n) is 8.01. The highest BCUT2D eigenvalue weighted by atomic mass is 16.5. The van der Waals surface area contributed by atoms with Crippen molar-refractivity contribution in [3.63, 3.8) is 0 Å². The maximum absolute atomic E-state index is 12.7. The second kappa shape index (κ2) is 9.96. The summed E-state index contributed by atoms with van der Waals surface area (Å²) in [7, 11) is 1.58. The molecule has 1 unspecified atom stereocenters. The largest absolute Gasteiger partial charge is 0.496 e. The molecule has 1 atom stereocenters. The highest BCUT2D eigenvalue weighted by molar-refractivity contribution is 6.06. The lowest BCUT2D eigenvalue weighted by molar-refractivity contribution is 0.102. The molecule has 2 fully saturated rings. The molecule has 6 heteroatoms. The molecule has 2 aliphatic heterocycles. The Morgan fingerprint density at radius 3 is 2.73 bits per heavy atom. The van der Waals surface area contributed by atoms with Crippen molar-refractivity contribution < 1.29 is 14.3 Å². The summed E-state index contributed by atoms with van der Waals surface area (Å²) in [5.41, 5.74) is 2.47. The zero-order valence-corrected chi connectivity index (χ0v) is 17.6. The number of carbonyl (C=O) groups excluding carboxylic acids is 1. The van der Waals surface area contributed by atoms with Crippen LogP contribution in [0.4, 0.5) is 11.4 Å². The Hall–Kier alpha value is -2.57. The standard InChI is InChI=1S/C24H31N3O3/c1-29-23-10-3-2-9-22(23)24(28)26-19-6-4-7-20(16-19)27-13-11-18(12-14-27)25-17-21-8-5-15-30-21/h2-4,6-7,9-10,16,18,21,25H,5,8,11-15,17H2,1H3,(H,26,28). The quantitative estimate of drug-likeness (QED) is 0.730. The van der Waals surface area contributed by atoms with Gasteiger partial charge >= 0.3 is 0 Å². The molecule has 2 saturated heterocycles. The summed E-state index contributed by atoms with van der Waals surface area (Å²) < 4.78 is 11.0. The Balaban J connectivity index is 1.32. The Morgan fingerprint density at radius 2 is 1.97 bits per heavy atom. The number of nitrogens with zero attached hydrogens (tertiary/aromatic N) is 1. The van der Waals surface area contributed by atoms with E-state index < -0.39 is 0 Å². The van der Waals surface area contributed by atoms with E-state index in [2.05, 4.69) is 21.6 Å². The number of hydrogen-bond donors (Lipinski definition) is 2. The van der Waals surface area contributed by atoms with Gasteiger partial charge in [-0.1, -0.05) is 18.2 Å². The molecule has 6 nitrogen and oxygen atoms in total. The summed E-state index contributed by atoms with van der Waals surface area (Å²) >= 11 is 0. The maximum Gasteiger partial charge on any atom is 0.259 e. The van der Waals surface area contributed by atoms with E-state index in [0.29, 0.717) is 23.5 Å². The van der Waals surface area contributed by atoms with Gasteiger partial charge in [0.2, 0.25) is 0 Å². The molecule has 30 heavy (non-hydrogen) atoms. The van der Waals surface area contributed by atoms with Gasteiger partial charge in [0.25, 0.3) is 5.91 Å². The summed E-state index contributed by atoms with van der Waals surface area (Å²) in [6, 6.07) is 15.9. The maximum atomic E-state index is 12.7. The topological polar surface area (TPSA) is 62.8 Å². The number of ether oxygens (including phenoxy) is 2. The van der Waals surface area contributed by atoms with E-state index in [1.807, 2.05) is 30.3 Å². The Kier molecular flexibility index (Phi) is 6.87. The van der Waals surface area contributed by atoms with E-state index in [1.54, 1.807) is 19.2 Å². The molecule has 0 bridgehead atoms. The predicted octanol–water partition coefficient (Wildman–Crippen LogP) is 3.68. The number of piperidine rings is 1. The molecule has 2 N–H and O–H groups in total. The Morgan fingerprint density at radius 1 is 1.13 bits per heavy atom. The first kappa shape index (κ1) is 20.7. The average molecular weight is 410 g/mol. The molecule has 2 aromatic rings. The highest BCUT2D eigenvalue weighted by Gasteiger charge is 2.22. The number of rotatable bonds is 7. The van der Waals surface area contributed by atoms with E-state index in [4.69, 9.17) is 9.47 Å². The molecular formula is C24H31N3O3. The fourth-order valence-electron chi connectivity index (χ4n) is 4.26. The van der Waals surface area contributed by atoms with Gasteiger partial charge in [-0.2, -0.15) is 0 Å². The van der Waals surface area contributed by atoms with Gasteiger partial charge in [0, 0.05) is 43.7 Å². The van der Waals surface area contributed by atoms with Gasteiger partial charge in [-0.05, 0) is 56.0 Å². The molecule has 0 spiro atoms. The Labute approximate surface area is 178 Å². The molecule has 2 heterocycles. The van der Waals surface area contributed by atoms with Gasteiger partial charge in [0.05, 0.1) is 18.8 Å². The zero-order chi connectivity index (χ0) is 20.8. The second-order valence-corrected chi connectivity index (χ2v) is 8.01. The monoisotopic (exact) mass is 409 g/mol. The molecule has 4 rings (SSSR count). The van der Waals surface area contributed by atoms with Crippen molar-refractivity contribution in [2.75, 3.05) is 43.6 Å². The van der Waals surface area contributed by atoms with Crippen LogP contribution in [0.1, 0.15) is 36.0 Å². The number of amides is 1. The first-order valence-electron chi connectivity index (χ1n) is 10.9. The van der Waals surface area contributed by atoms with Crippen molar-refractivity contribution in [2.45, 2.75) is 37.8 Å². The van der Waals surface area contributed by atoms with E-state index in [0.717, 1.165) is 50.5 Å². The lowest BCUT2D eigenvalue weighted by Gasteiger charge is -2.34. The zero-order valence-electron chi connectivity index (χ0n) is 17.6. The minimum atomic E-state index is -0.165. The Bertz CT molecular complexity index is 843. The molecule has 2 aliphatic rings. The van der Waals surface area contributed by atoms with Gasteiger partial charge in [-0.15, -0.1) is 0 Å². The summed E-state index contributed by atoms with van der Waals surface area (Å²) in [4.78, 5) is 15.1. The fourth-order valence-corrected chi connectivity index (χ4v) is 4.26. The van der Waals surface area contributed by atoms with Crippen molar-refractivity contribution in [1.82, 2.24) is 5.32 Å². The summed E-state index contributed by atoms with van der Waals surface area (Å²) in [6.07, 6.45) is 5.00. The molecule has 2 aromatic carbocycles. The number of para-hydroxylation sites is 1. The van der Waals surface area contributed by atoms with Crippen LogP contribution >= 0.6 is 0 Å². The van der Waals surface area contributed by atoms with Gasteiger partial charge < -0.3 is 25.0 Å². The van der Waals surface area contributed by atoms with E-state index >= 15 is 0 Å². The van der Waals surface area contributed by atoms with Crippen LogP contribution < -0.4 is 20.3 Å². The normalized spacial score (nSPS) is 19.6. The smallest absolute Gasteiger partial charge is 0.259 e. The molecular weight excluding hydrogens is 378 g/mol. The van der Waals surface area contributed by atoms with Crippen LogP contribution in [0.2, 0.25) is 0 Å². The molecule has 0 radical (unpaired) electrons. The molecule has 0 aliphatic carbocycles. The van der Waals surface area contributed by atoms with Crippen molar-refractivity contribution in [1.29, 1.82) is 0 Å². The number of hydrogen-bond acceptors (Lipinski definition) is 5. The molecule has 0 aromatic heterocycles. The lowest BCUT2D eigenvalue weighted by Crippen LogP contribution is -2.44. The SMILES string of the molecule is COc1ccccc1C(=O)Nc1cccc(N2CCC(NCC3CCCO3)CC2)c1. The van der Waals surface area contributed by atoms with E-state index in [-0.39, 0.29) is 5.91 Å². The minimum Gasteiger partial charge on any atom is -0.496 e. The molecule has 1 amide bonds. The summed E-state index contributed by atoms with van der Waals surface area (Å²) in [5.74, 6) is 0.408. The minimum absolute atomic E-state index is 0.165. The van der Waals surface area contributed by atoms with Crippen LogP contribution in [0.3, 0.4) is 0 Å². The van der Waals surface area contributed by atoms with E-state index in [1.165, 1.54) is 12.8 Å². The van der Waals surface area contributed by atoms with Gasteiger partial charge in [0.15, 0.2) is 0 Å². The number of nitrogens with one attached hydrogen (secondary N) is 2. The lowest BCUT2D eigenvalue weighted by atomic mass is 10.0. The number of methoxy groups -OCH3 is 1. The average Bonchev–Trinajstić information content (AvgIpc) is 3.32. The highest BCUT2D eigenvalue weighted by Crippen LogP contribution is 2.25. The van der Waals surface area contributed by atoms with Gasteiger partial charge in [-0.3, -0.25) is 4.79 Å². The third-order valence-corrected chi connectivity index (χ3v) is 5.97. The van der Waals surface area contributed by atoms with Crippen LogP contribution in [-0.4, -0.2) is 51.4 Å². The number of benzene rings is 2. The van der Waals surface area contributed by atoms with Crippen molar-refractivity contribution in [3.8, 4) is 5.75 Å². The van der Waals surface area contributed by atoms with Crippen molar-refractivity contribution >= 4 is 17.3 Å². The number of anilines is 2. The molecule has 160 valence electrons. The summed E-state index contributed by atoms with van der Waals surface area (Å²) in [5, 5.41) is 6.68.